The van der Waals surface area contributed by atoms with Gasteiger partial charge >= 0.3 is 5.76 Å². The summed E-state index contributed by atoms with van der Waals surface area (Å²) in [7, 11) is 0. The van der Waals surface area contributed by atoms with Crippen LogP contribution in [-0.4, -0.2) is 17.1 Å². The molecule has 0 fully saturated rings. The van der Waals surface area contributed by atoms with E-state index in [0.717, 1.165) is 0 Å². The van der Waals surface area contributed by atoms with Crippen molar-refractivity contribution in [2.75, 3.05) is 11.9 Å². The Bertz CT molecular complexity index is 957. The first-order valence-electron chi connectivity index (χ1n) is 7.77. The zero-order chi connectivity index (χ0) is 18.0. The molecular weight excluding hydrogens is 344 g/mol. The van der Waals surface area contributed by atoms with Gasteiger partial charge in [0.15, 0.2) is 12.2 Å². The van der Waals surface area contributed by atoms with E-state index in [-0.39, 0.29) is 18.6 Å². The van der Waals surface area contributed by atoms with Crippen LogP contribution in [0, 0.1) is 0 Å². The van der Waals surface area contributed by atoms with E-state index in [1.807, 2.05) is 13.8 Å². The number of ether oxygens (including phenoxy) is 1. The molecule has 0 spiro atoms. The van der Waals surface area contributed by atoms with Gasteiger partial charge in [-0.25, -0.2) is 4.79 Å². The Hall–Kier alpha value is -2.73. The number of halogens is 1. The Labute approximate surface area is 149 Å². The van der Waals surface area contributed by atoms with E-state index >= 15 is 0 Å². The molecular formula is C18H17ClN2O4. The second-order valence-electron chi connectivity index (χ2n) is 5.80. The van der Waals surface area contributed by atoms with E-state index in [0.29, 0.717) is 27.6 Å². The molecule has 2 aromatic carbocycles. The van der Waals surface area contributed by atoms with Crippen LogP contribution in [-0.2, 0) is 4.79 Å². The van der Waals surface area contributed by atoms with Gasteiger partial charge in [0.2, 0.25) is 0 Å². The first-order chi connectivity index (χ1) is 11.9. The summed E-state index contributed by atoms with van der Waals surface area (Å²) in [6.45, 7) is 3.66. The predicted molar refractivity (Wildman–Crippen MR) is 96.4 cm³/mol. The van der Waals surface area contributed by atoms with Crippen molar-refractivity contribution < 1.29 is 13.9 Å². The standard InChI is InChI=1S/C18H17ClN2O4/c1-11(2)21-15-8-5-13(9-16(15)25-18(21)23)20-17(22)10-24-14-6-3-12(19)4-7-14/h3-9,11H,10H2,1-2H3,(H,20,22). The van der Waals surface area contributed by atoms with Crippen LogP contribution < -0.4 is 15.8 Å². The van der Waals surface area contributed by atoms with Gasteiger partial charge in [0.25, 0.3) is 5.91 Å². The number of hydrogen-bond donors (Lipinski definition) is 1. The largest absolute Gasteiger partial charge is 0.484 e. The predicted octanol–water partition coefficient (Wildman–Crippen LogP) is 3.85. The molecule has 1 N–H and O–H groups in total. The summed E-state index contributed by atoms with van der Waals surface area (Å²) in [5, 5.41) is 3.31. The Kier molecular flexibility index (Phi) is 4.81. The van der Waals surface area contributed by atoms with Crippen molar-refractivity contribution >= 4 is 34.3 Å². The molecule has 1 amide bonds. The maximum absolute atomic E-state index is 12.0. The Morgan fingerprint density at radius 1 is 1.24 bits per heavy atom. The molecule has 1 aromatic heterocycles. The fourth-order valence-corrected chi connectivity index (χ4v) is 2.61. The Morgan fingerprint density at radius 2 is 1.96 bits per heavy atom. The molecule has 0 bridgehead atoms. The van der Waals surface area contributed by atoms with E-state index in [1.165, 1.54) is 0 Å². The van der Waals surface area contributed by atoms with Crippen molar-refractivity contribution in [2.24, 2.45) is 0 Å². The third kappa shape index (κ3) is 3.85. The van der Waals surface area contributed by atoms with Crippen LogP contribution in [0.2, 0.25) is 5.02 Å². The first kappa shape index (κ1) is 17.1. The topological polar surface area (TPSA) is 73.5 Å². The lowest BCUT2D eigenvalue weighted by atomic mass is 10.2. The highest BCUT2D eigenvalue weighted by molar-refractivity contribution is 6.30. The fraction of sp³-hybridized carbons (Fsp3) is 0.222. The summed E-state index contributed by atoms with van der Waals surface area (Å²) in [6.07, 6.45) is 0. The number of nitrogens with zero attached hydrogens (tertiary/aromatic N) is 1. The van der Waals surface area contributed by atoms with Gasteiger partial charge in [0.1, 0.15) is 5.75 Å². The molecule has 0 saturated carbocycles. The second-order valence-corrected chi connectivity index (χ2v) is 6.24. The van der Waals surface area contributed by atoms with Crippen LogP contribution >= 0.6 is 11.6 Å². The average Bonchev–Trinajstić information content (AvgIpc) is 2.89. The minimum atomic E-state index is -0.417. The number of amides is 1. The molecule has 1 heterocycles. The maximum atomic E-state index is 12.0. The number of oxazole rings is 1. The number of aromatic nitrogens is 1. The molecule has 25 heavy (non-hydrogen) atoms. The third-order valence-electron chi connectivity index (χ3n) is 3.60. The molecule has 0 aliphatic rings. The zero-order valence-corrected chi connectivity index (χ0v) is 14.5. The molecule has 0 saturated heterocycles. The number of carbonyl (C=O) groups excluding carboxylic acids is 1. The summed E-state index contributed by atoms with van der Waals surface area (Å²) in [6, 6.07) is 11.8. The molecule has 0 aliphatic heterocycles. The van der Waals surface area contributed by atoms with Crippen LogP contribution in [0.5, 0.6) is 5.75 Å². The molecule has 6 nitrogen and oxygen atoms in total. The lowest BCUT2D eigenvalue weighted by molar-refractivity contribution is -0.118. The normalized spacial score (nSPS) is 11.0. The quantitative estimate of drug-likeness (QED) is 0.750. The van der Waals surface area contributed by atoms with Gasteiger partial charge in [-0.15, -0.1) is 0 Å². The minimum absolute atomic E-state index is 0.0121. The summed E-state index contributed by atoms with van der Waals surface area (Å²) in [5.74, 6) is -0.186. The number of rotatable bonds is 5. The van der Waals surface area contributed by atoms with Gasteiger partial charge < -0.3 is 14.5 Å². The van der Waals surface area contributed by atoms with Crippen LogP contribution in [0.4, 0.5) is 5.69 Å². The Balaban J connectivity index is 1.69. The monoisotopic (exact) mass is 360 g/mol. The lowest BCUT2D eigenvalue weighted by Gasteiger charge is -2.08. The molecule has 7 heteroatoms. The van der Waals surface area contributed by atoms with Gasteiger partial charge in [-0.3, -0.25) is 9.36 Å². The van der Waals surface area contributed by atoms with Gasteiger partial charge in [-0.1, -0.05) is 11.6 Å². The Morgan fingerprint density at radius 3 is 2.64 bits per heavy atom. The second kappa shape index (κ2) is 7.03. The zero-order valence-electron chi connectivity index (χ0n) is 13.8. The van der Waals surface area contributed by atoms with Crippen LogP contribution in [0.25, 0.3) is 11.1 Å². The molecule has 3 aromatic rings. The van der Waals surface area contributed by atoms with E-state index < -0.39 is 5.76 Å². The number of nitrogens with one attached hydrogen (secondary N) is 1. The highest BCUT2D eigenvalue weighted by Crippen LogP contribution is 2.21. The lowest BCUT2D eigenvalue weighted by Crippen LogP contribution is -2.20. The van der Waals surface area contributed by atoms with Gasteiger partial charge in [-0.05, 0) is 50.2 Å². The minimum Gasteiger partial charge on any atom is -0.484 e. The van der Waals surface area contributed by atoms with E-state index in [4.69, 9.17) is 20.8 Å². The number of hydrogen-bond acceptors (Lipinski definition) is 4. The van der Waals surface area contributed by atoms with Crippen molar-refractivity contribution in [1.29, 1.82) is 0 Å². The smallest absolute Gasteiger partial charge is 0.420 e. The van der Waals surface area contributed by atoms with Crippen molar-refractivity contribution in [1.82, 2.24) is 4.57 Å². The van der Waals surface area contributed by atoms with Crippen molar-refractivity contribution in [3.05, 3.63) is 58.0 Å². The van der Waals surface area contributed by atoms with Crippen LogP contribution in [0.15, 0.2) is 51.7 Å². The molecule has 0 radical (unpaired) electrons. The van der Waals surface area contributed by atoms with Crippen LogP contribution in [0.3, 0.4) is 0 Å². The number of fused-ring (bicyclic) bond motifs is 1. The summed E-state index contributed by atoms with van der Waals surface area (Å²) >= 11 is 5.79. The van der Waals surface area contributed by atoms with Gasteiger partial charge in [0, 0.05) is 22.8 Å². The molecule has 0 unspecified atom stereocenters. The highest BCUT2D eigenvalue weighted by Gasteiger charge is 2.13. The average molecular weight is 361 g/mol. The number of anilines is 1. The summed E-state index contributed by atoms with van der Waals surface area (Å²) in [4.78, 5) is 23.9. The number of benzene rings is 2. The number of carbonyl (C=O) groups is 1. The first-order valence-corrected chi connectivity index (χ1v) is 8.15. The van der Waals surface area contributed by atoms with Gasteiger partial charge in [-0.2, -0.15) is 0 Å². The van der Waals surface area contributed by atoms with E-state index in [2.05, 4.69) is 5.32 Å². The van der Waals surface area contributed by atoms with E-state index in [1.54, 1.807) is 47.0 Å². The van der Waals surface area contributed by atoms with Crippen molar-refractivity contribution in [3.63, 3.8) is 0 Å². The van der Waals surface area contributed by atoms with Crippen molar-refractivity contribution in [2.45, 2.75) is 19.9 Å². The van der Waals surface area contributed by atoms with Gasteiger partial charge in [0.05, 0.1) is 5.52 Å². The summed E-state index contributed by atoms with van der Waals surface area (Å²) in [5.41, 5.74) is 1.65. The molecule has 3 rings (SSSR count). The van der Waals surface area contributed by atoms with Crippen LogP contribution in [0.1, 0.15) is 19.9 Å². The maximum Gasteiger partial charge on any atom is 0.420 e. The molecule has 0 atom stereocenters. The van der Waals surface area contributed by atoms with E-state index in [9.17, 15) is 9.59 Å². The fourth-order valence-electron chi connectivity index (χ4n) is 2.48. The SMILES string of the molecule is CC(C)n1c(=O)oc2cc(NC(=O)COc3ccc(Cl)cc3)ccc21. The third-order valence-corrected chi connectivity index (χ3v) is 3.85. The molecule has 0 aliphatic carbocycles. The van der Waals surface area contributed by atoms with Crippen molar-refractivity contribution in [3.8, 4) is 5.75 Å². The highest BCUT2D eigenvalue weighted by atomic mass is 35.5. The summed E-state index contributed by atoms with van der Waals surface area (Å²) < 4.78 is 12.2. The molecule has 130 valence electrons.